The van der Waals surface area contributed by atoms with Gasteiger partial charge in [0.15, 0.2) is 0 Å². The Morgan fingerprint density at radius 1 is 0.269 bits per heavy atom. The van der Waals surface area contributed by atoms with Gasteiger partial charge in [0, 0.05) is 34.6 Å². The molecule has 9 aromatic rings. The largest absolute Gasteiger partial charge is 0.264 e. The Bertz CT molecular complexity index is 2640. The summed E-state index contributed by atoms with van der Waals surface area (Å²) < 4.78 is 0. The average Bonchev–Trinajstić information content (AvgIpc) is 3.24. The van der Waals surface area contributed by atoms with E-state index < -0.39 is 0 Å². The molecule has 0 bridgehead atoms. The zero-order valence-electron chi connectivity index (χ0n) is 28.4. The van der Waals surface area contributed by atoms with Crippen molar-refractivity contribution in [1.29, 1.82) is 0 Å². The fourth-order valence-corrected chi connectivity index (χ4v) is 6.95. The zero-order valence-corrected chi connectivity index (χ0v) is 28.4. The van der Waals surface area contributed by atoms with Crippen molar-refractivity contribution in [2.45, 2.75) is 0 Å². The second-order valence-corrected chi connectivity index (χ2v) is 12.9. The molecule has 0 spiro atoms. The molecule has 7 aromatic carbocycles. The highest BCUT2D eigenvalue weighted by atomic mass is 14.8. The summed E-state index contributed by atoms with van der Waals surface area (Å²) in [6, 6.07) is 65.9. The molecule has 0 fully saturated rings. The molecule has 0 amide bonds. The molecular weight excluding hydrogens is 631 g/mol. The predicted molar refractivity (Wildman–Crippen MR) is 215 cm³/mol. The van der Waals surface area contributed by atoms with E-state index in [1.807, 2.05) is 18.3 Å². The topological polar surface area (TPSA) is 38.7 Å². The molecule has 9 rings (SSSR count). The van der Waals surface area contributed by atoms with Crippen molar-refractivity contribution in [2.75, 3.05) is 0 Å². The number of hydrogen-bond donors (Lipinski definition) is 0. The number of hydrogen-bond acceptors (Lipinski definition) is 3. The smallest absolute Gasteiger partial charge is 0.0979 e. The van der Waals surface area contributed by atoms with Crippen LogP contribution in [-0.2, 0) is 0 Å². The highest BCUT2D eigenvalue weighted by Crippen LogP contribution is 2.40. The van der Waals surface area contributed by atoms with Crippen LogP contribution in [0.25, 0.3) is 89.2 Å². The summed E-state index contributed by atoms with van der Waals surface area (Å²) in [5.41, 5.74) is 16.5. The van der Waals surface area contributed by atoms with Gasteiger partial charge in [0.25, 0.3) is 0 Å². The van der Waals surface area contributed by atoms with Crippen LogP contribution in [-0.4, -0.2) is 15.0 Å². The van der Waals surface area contributed by atoms with Gasteiger partial charge in [0.05, 0.1) is 22.4 Å². The normalized spacial score (nSPS) is 11.1. The van der Waals surface area contributed by atoms with Crippen LogP contribution >= 0.6 is 0 Å². The van der Waals surface area contributed by atoms with E-state index in [-0.39, 0.29) is 0 Å². The van der Waals surface area contributed by atoms with Crippen LogP contribution < -0.4 is 0 Å². The maximum Gasteiger partial charge on any atom is 0.0979 e. The molecule has 244 valence electrons. The van der Waals surface area contributed by atoms with Crippen molar-refractivity contribution in [3.05, 3.63) is 200 Å². The lowest BCUT2D eigenvalue weighted by Gasteiger charge is -2.17. The van der Waals surface area contributed by atoms with Gasteiger partial charge in [-0.2, -0.15) is 0 Å². The molecule has 0 radical (unpaired) electrons. The molecule has 3 nitrogen and oxygen atoms in total. The summed E-state index contributed by atoms with van der Waals surface area (Å²) in [5, 5.41) is 0. The SMILES string of the molecule is c1ccc(-c2cccc(-c3ccc(-c4cccc(-c5ccccc5)c4)c4nc(-c5ccc(-c6cccnc6)cc5)c(-c5ccccc5)nc34)c2)cc1. The Morgan fingerprint density at radius 3 is 1.13 bits per heavy atom. The van der Waals surface area contributed by atoms with Gasteiger partial charge >= 0.3 is 0 Å². The Labute approximate surface area is 303 Å². The molecule has 0 saturated heterocycles. The average molecular weight is 664 g/mol. The second-order valence-electron chi connectivity index (χ2n) is 12.9. The van der Waals surface area contributed by atoms with E-state index in [0.29, 0.717) is 0 Å². The Morgan fingerprint density at radius 2 is 0.654 bits per heavy atom. The van der Waals surface area contributed by atoms with Crippen LogP contribution in [0.5, 0.6) is 0 Å². The van der Waals surface area contributed by atoms with Crippen molar-refractivity contribution < 1.29 is 0 Å². The first-order chi connectivity index (χ1) is 25.8. The van der Waals surface area contributed by atoms with Crippen molar-refractivity contribution in [1.82, 2.24) is 15.0 Å². The fraction of sp³-hybridized carbons (Fsp3) is 0. The molecule has 2 aromatic heterocycles. The van der Waals surface area contributed by atoms with Gasteiger partial charge < -0.3 is 0 Å². The van der Waals surface area contributed by atoms with Gasteiger partial charge in [-0.3, -0.25) is 4.98 Å². The lowest BCUT2D eigenvalue weighted by Crippen LogP contribution is -1.99. The Kier molecular flexibility index (Phi) is 8.20. The summed E-state index contributed by atoms with van der Waals surface area (Å²) in [4.78, 5) is 15.5. The summed E-state index contributed by atoms with van der Waals surface area (Å²) in [5.74, 6) is 0. The summed E-state index contributed by atoms with van der Waals surface area (Å²) in [7, 11) is 0. The maximum atomic E-state index is 5.59. The molecule has 3 heteroatoms. The van der Waals surface area contributed by atoms with Gasteiger partial charge in [-0.05, 0) is 62.7 Å². The van der Waals surface area contributed by atoms with Gasteiger partial charge in [-0.15, -0.1) is 0 Å². The first kappa shape index (κ1) is 31.0. The second kappa shape index (κ2) is 13.7. The fourth-order valence-electron chi connectivity index (χ4n) is 6.95. The van der Waals surface area contributed by atoms with E-state index in [1.54, 1.807) is 6.20 Å². The molecule has 0 aliphatic heterocycles. The predicted octanol–water partition coefficient (Wildman–Crippen LogP) is 12.7. The Hall–Kier alpha value is -6.97. The zero-order chi connectivity index (χ0) is 34.7. The molecule has 0 atom stereocenters. The molecule has 0 saturated carbocycles. The van der Waals surface area contributed by atoms with E-state index >= 15 is 0 Å². The molecule has 0 unspecified atom stereocenters. The van der Waals surface area contributed by atoms with E-state index in [1.165, 1.54) is 11.1 Å². The lowest BCUT2D eigenvalue weighted by atomic mass is 9.93. The highest BCUT2D eigenvalue weighted by Gasteiger charge is 2.20. The van der Waals surface area contributed by atoms with E-state index in [2.05, 4.69) is 181 Å². The van der Waals surface area contributed by atoms with E-state index in [9.17, 15) is 0 Å². The van der Waals surface area contributed by atoms with Gasteiger partial charge in [-0.25, -0.2) is 9.97 Å². The summed E-state index contributed by atoms with van der Waals surface area (Å²) >= 11 is 0. The lowest BCUT2D eigenvalue weighted by molar-refractivity contribution is 1.29. The molecule has 52 heavy (non-hydrogen) atoms. The molecule has 0 N–H and O–H groups in total. The van der Waals surface area contributed by atoms with Crippen LogP contribution in [0.2, 0.25) is 0 Å². The number of aromatic nitrogens is 3. The molecule has 0 aliphatic carbocycles. The quantitative estimate of drug-likeness (QED) is 0.170. The van der Waals surface area contributed by atoms with Crippen LogP contribution in [0.15, 0.2) is 200 Å². The highest BCUT2D eigenvalue weighted by molar-refractivity contribution is 6.03. The third-order valence-corrected chi connectivity index (χ3v) is 9.58. The van der Waals surface area contributed by atoms with Crippen molar-refractivity contribution in [3.63, 3.8) is 0 Å². The number of pyridine rings is 1. The first-order valence-corrected chi connectivity index (χ1v) is 17.5. The molecule has 2 heterocycles. The van der Waals surface area contributed by atoms with E-state index in [0.717, 1.165) is 78.1 Å². The monoisotopic (exact) mass is 663 g/mol. The standard InChI is InChI=1S/C49H33N3/c1-4-13-34(14-5-1)39-19-10-21-41(31-39)44-28-29-45(42-22-11-20-40(32-42)35-15-6-2-7-16-35)49-48(44)51-46(37-17-8-3-9-18-37)47(52-49)38-26-24-36(25-27-38)43-23-12-30-50-33-43/h1-33H. The van der Waals surface area contributed by atoms with Crippen LogP contribution in [0.1, 0.15) is 0 Å². The van der Waals surface area contributed by atoms with Gasteiger partial charge in [-0.1, -0.05) is 170 Å². The van der Waals surface area contributed by atoms with Gasteiger partial charge in [0.2, 0.25) is 0 Å². The van der Waals surface area contributed by atoms with Crippen LogP contribution in [0.4, 0.5) is 0 Å². The minimum Gasteiger partial charge on any atom is -0.264 e. The Balaban J connectivity index is 1.29. The number of nitrogens with zero attached hydrogens (tertiary/aromatic N) is 3. The maximum absolute atomic E-state index is 5.59. The summed E-state index contributed by atoms with van der Waals surface area (Å²) in [6.07, 6.45) is 3.69. The van der Waals surface area contributed by atoms with Crippen LogP contribution in [0.3, 0.4) is 0 Å². The number of rotatable bonds is 7. The minimum atomic E-state index is 0.840. The summed E-state index contributed by atoms with van der Waals surface area (Å²) in [6.45, 7) is 0. The third kappa shape index (κ3) is 6.06. The molecule has 0 aliphatic rings. The minimum absolute atomic E-state index is 0.840. The van der Waals surface area contributed by atoms with Crippen molar-refractivity contribution in [2.24, 2.45) is 0 Å². The van der Waals surface area contributed by atoms with Crippen LogP contribution in [0, 0.1) is 0 Å². The van der Waals surface area contributed by atoms with Crippen molar-refractivity contribution >= 4 is 11.0 Å². The number of benzene rings is 7. The number of fused-ring (bicyclic) bond motifs is 1. The van der Waals surface area contributed by atoms with Crippen molar-refractivity contribution in [3.8, 4) is 78.1 Å². The van der Waals surface area contributed by atoms with Gasteiger partial charge in [0.1, 0.15) is 0 Å². The first-order valence-electron chi connectivity index (χ1n) is 17.5. The van der Waals surface area contributed by atoms with E-state index in [4.69, 9.17) is 9.97 Å². The third-order valence-electron chi connectivity index (χ3n) is 9.58. The molecular formula is C49H33N3.